The number of carbonyl (C=O) groups is 1. The summed E-state index contributed by atoms with van der Waals surface area (Å²) < 4.78 is 23.9. The number of rotatable bonds is 3. The van der Waals surface area contributed by atoms with Crippen LogP contribution in [0.2, 0.25) is 0 Å². The van der Waals surface area contributed by atoms with Crippen LogP contribution in [0, 0.1) is 5.82 Å². The smallest absolute Gasteiger partial charge is 0.276 e. The second-order valence-corrected chi connectivity index (χ2v) is 5.77. The number of carbonyl (C=O) groups excluding carboxylic acids is 1. The number of benzene rings is 1. The van der Waals surface area contributed by atoms with Crippen LogP contribution in [-0.4, -0.2) is 22.5 Å². The molecular formula is C18H15FN2O3. The maximum absolute atomic E-state index is 13.5. The van der Waals surface area contributed by atoms with E-state index in [4.69, 9.17) is 8.94 Å². The average molecular weight is 326 g/mol. The zero-order chi connectivity index (χ0) is 16.5. The Morgan fingerprint density at radius 1 is 1.21 bits per heavy atom. The minimum Gasteiger partial charge on any atom is -0.461 e. The van der Waals surface area contributed by atoms with E-state index in [1.165, 1.54) is 18.4 Å². The van der Waals surface area contributed by atoms with Crippen molar-refractivity contribution in [2.24, 2.45) is 0 Å². The van der Waals surface area contributed by atoms with Gasteiger partial charge in [0.25, 0.3) is 5.91 Å². The molecule has 0 spiro atoms. The van der Waals surface area contributed by atoms with Crippen LogP contribution in [0.4, 0.5) is 4.39 Å². The molecule has 0 unspecified atom stereocenters. The minimum atomic E-state index is -0.298. The predicted molar refractivity (Wildman–Crippen MR) is 83.6 cm³/mol. The van der Waals surface area contributed by atoms with Crippen LogP contribution in [0.15, 0.2) is 57.7 Å². The van der Waals surface area contributed by atoms with E-state index in [2.05, 4.69) is 5.16 Å². The second-order valence-electron chi connectivity index (χ2n) is 5.77. The van der Waals surface area contributed by atoms with E-state index in [-0.39, 0.29) is 23.5 Å². The standard InChI is InChI=1S/C18H15FN2O3/c19-13-5-1-4-12(10-13)15-6-2-8-21(15)18(22)14-11-17(24-20-14)16-7-3-9-23-16/h1,3-5,7,9-11,15H,2,6,8H2/t15-/m0/s1. The number of likely N-dealkylation sites (tertiary alicyclic amines) is 1. The maximum Gasteiger partial charge on any atom is 0.276 e. The van der Waals surface area contributed by atoms with Crippen LogP contribution >= 0.6 is 0 Å². The van der Waals surface area contributed by atoms with Gasteiger partial charge in [0.1, 0.15) is 5.82 Å². The van der Waals surface area contributed by atoms with Crippen molar-refractivity contribution in [2.45, 2.75) is 18.9 Å². The van der Waals surface area contributed by atoms with Gasteiger partial charge in [0.15, 0.2) is 11.5 Å². The van der Waals surface area contributed by atoms with Crippen LogP contribution in [-0.2, 0) is 0 Å². The van der Waals surface area contributed by atoms with Gasteiger partial charge in [0.05, 0.1) is 12.3 Å². The van der Waals surface area contributed by atoms with E-state index in [9.17, 15) is 9.18 Å². The monoisotopic (exact) mass is 326 g/mol. The van der Waals surface area contributed by atoms with Crippen molar-refractivity contribution >= 4 is 5.91 Å². The molecule has 1 amide bonds. The van der Waals surface area contributed by atoms with Gasteiger partial charge in [0.2, 0.25) is 5.76 Å². The van der Waals surface area contributed by atoms with Crippen molar-refractivity contribution in [3.8, 4) is 11.5 Å². The second kappa shape index (κ2) is 5.96. The molecule has 0 bridgehead atoms. The summed E-state index contributed by atoms with van der Waals surface area (Å²) in [6, 6.07) is 11.3. The van der Waals surface area contributed by atoms with E-state index < -0.39 is 0 Å². The Balaban J connectivity index is 1.59. The molecule has 0 saturated carbocycles. The number of halogens is 1. The SMILES string of the molecule is O=C(c1cc(-c2ccco2)on1)N1CCC[C@H]1c1cccc(F)c1. The summed E-state index contributed by atoms with van der Waals surface area (Å²) in [5, 5.41) is 3.86. The largest absolute Gasteiger partial charge is 0.461 e. The molecule has 6 heteroatoms. The summed E-state index contributed by atoms with van der Waals surface area (Å²) in [6.45, 7) is 0.614. The topological polar surface area (TPSA) is 59.5 Å². The van der Waals surface area contributed by atoms with Crippen molar-refractivity contribution in [3.05, 3.63) is 65.8 Å². The lowest BCUT2D eigenvalue weighted by atomic mass is 10.0. The number of nitrogens with zero attached hydrogens (tertiary/aromatic N) is 2. The quantitative estimate of drug-likeness (QED) is 0.728. The summed E-state index contributed by atoms with van der Waals surface area (Å²) in [5.41, 5.74) is 1.03. The fourth-order valence-corrected chi connectivity index (χ4v) is 3.13. The Morgan fingerprint density at radius 3 is 2.92 bits per heavy atom. The summed E-state index contributed by atoms with van der Waals surface area (Å²) in [5.74, 6) is 0.408. The first-order chi connectivity index (χ1) is 11.7. The molecule has 0 aliphatic carbocycles. The molecule has 0 N–H and O–H groups in total. The molecule has 4 rings (SSSR count). The lowest BCUT2D eigenvalue weighted by Crippen LogP contribution is -2.30. The van der Waals surface area contributed by atoms with Crippen LogP contribution < -0.4 is 0 Å². The van der Waals surface area contributed by atoms with Gasteiger partial charge < -0.3 is 13.8 Å². The van der Waals surface area contributed by atoms with E-state index in [1.54, 1.807) is 29.2 Å². The van der Waals surface area contributed by atoms with E-state index in [0.29, 0.717) is 18.1 Å². The molecular weight excluding hydrogens is 311 g/mol. The van der Waals surface area contributed by atoms with E-state index >= 15 is 0 Å². The highest BCUT2D eigenvalue weighted by atomic mass is 19.1. The van der Waals surface area contributed by atoms with Gasteiger partial charge in [-0.05, 0) is 42.7 Å². The fraction of sp³-hybridized carbons (Fsp3) is 0.222. The molecule has 1 aliphatic rings. The molecule has 0 radical (unpaired) electrons. The number of amides is 1. The molecule has 1 atom stereocenters. The van der Waals surface area contributed by atoms with Gasteiger partial charge in [-0.2, -0.15) is 0 Å². The Kier molecular flexibility index (Phi) is 3.65. The maximum atomic E-state index is 13.5. The third-order valence-corrected chi connectivity index (χ3v) is 4.24. The third kappa shape index (κ3) is 2.60. The van der Waals surface area contributed by atoms with Crippen LogP contribution in [0.5, 0.6) is 0 Å². The lowest BCUT2D eigenvalue weighted by molar-refractivity contribution is 0.0725. The molecule has 24 heavy (non-hydrogen) atoms. The van der Waals surface area contributed by atoms with Crippen molar-refractivity contribution < 1.29 is 18.1 Å². The number of furan rings is 1. The molecule has 3 heterocycles. The highest BCUT2D eigenvalue weighted by Gasteiger charge is 2.32. The van der Waals surface area contributed by atoms with Gasteiger partial charge in [-0.25, -0.2) is 4.39 Å². The first-order valence-electron chi connectivity index (χ1n) is 7.79. The van der Waals surface area contributed by atoms with Crippen LogP contribution in [0.1, 0.15) is 34.9 Å². The first-order valence-corrected chi connectivity index (χ1v) is 7.79. The zero-order valence-electron chi connectivity index (χ0n) is 12.8. The molecule has 2 aromatic heterocycles. The van der Waals surface area contributed by atoms with Crippen molar-refractivity contribution in [2.75, 3.05) is 6.54 Å². The molecule has 1 saturated heterocycles. The Morgan fingerprint density at radius 2 is 2.12 bits per heavy atom. The van der Waals surface area contributed by atoms with Gasteiger partial charge in [-0.3, -0.25) is 4.79 Å². The van der Waals surface area contributed by atoms with Crippen LogP contribution in [0.25, 0.3) is 11.5 Å². The Labute approximate surface area is 137 Å². The van der Waals surface area contributed by atoms with Crippen molar-refractivity contribution in [1.82, 2.24) is 10.1 Å². The Bertz CT molecular complexity index is 857. The fourth-order valence-electron chi connectivity index (χ4n) is 3.13. The summed E-state index contributed by atoms with van der Waals surface area (Å²) in [4.78, 5) is 14.5. The molecule has 1 fully saturated rings. The van der Waals surface area contributed by atoms with E-state index in [1.807, 2.05) is 6.07 Å². The number of hydrogen-bond donors (Lipinski definition) is 0. The third-order valence-electron chi connectivity index (χ3n) is 4.24. The molecule has 5 nitrogen and oxygen atoms in total. The van der Waals surface area contributed by atoms with Gasteiger partial charge in [-0.1, -0.05) is 17.3 Å². The van der Waals surface area contributed by atoms with Gasteiger partial charge in [0, 0.05) is 12.6 Å². The molecule has 122 valence electrons. The number of aromatic nitrogens is 1. The first kappa shape index (κ1) is 14.7. The normalized spacial score (nSPS) is 17.4. The van der Waals surface area contributed by atoms with Gasteiger partial charge >= 0.3 is 0 Å². The molecule has 1 aliphatic heterocycles. The Hall–Kier alpha value is -2.89. The van der Waals surface area contributed by atoms with Crippen LogP contribution in [0.3, 0.4) is 0 Å². The van der Waals surface area contributed by atoms with Gasteiger partial charge in [-0.15, -0.1) is 0 Å². The lowest BCUT2D eigenvalue weighted by Gasteiger charge is -2.24. The zero-order valence-corrected chi connectivity index (χ0v) is 12.8. The molecule has 1 aromatic carbocycles. The number of hydrogen-bond acceptors (Lipinski definition) is 4. The summed E-state index contributed by atoms with van der Waals surface area (Å²) in [7, 11) is 0. The van der Waals surface area contributed by atoms with Crippen molar-refractivity contribution in [3.63, 3.8) is 0 Å². The van der Waals surface area contributed by atoms with E-state index in [0.717, 1.165) is 18.4 Å². The average Bonchev–Trinajstić information content (AvgIpc) is 3.33. The highest BCUT2D eigenvalue weighted by molar-refractivity contribution is 5.93. The summed E-state index contributed by atoms with van der Waals surface area (Å²) in [6.07, 6.45) is 3.20. The minimum absolute atomic E-state index is 0.142. The molecule has 3 aromatic rings. The predicted octanol–water partition coefficient (Wildman–Crippen LogP) is 4.05. The highest BCUT2D eigenvalue weighted by Crippen LogP contribution is 2.33. The van der Waals surface area contributed by atoms with Crippen molar-refractivity contribution in [1.29, 1.82) is 0 Å². The summed E-state index contributed by atoms with van der Waals surface area (Å²) >= 11 is 0.